The molecular formula is C13H11FN4O. The molecule has 0 atom stereocenters. The van der Waals surface area contributed by atoms with E-state index >= 15 is 0 Å². The number of nitriles is 1. The van der Waals surface area contributed by atoms with Gasteiger partial charge in [0.2, 0.25) is 0 Å². The van der Waals surface area contributed by atoms with Gasteiger partial charge in [-0.2, -0.15) is 5.26 Å². The lowest BCUT2D eigenvalue weighted by atomic mass is 10.1. The van der Waals surface area contributed by atoms with E-state index in [1.807, 2.05) is 6.07 Å². The molecule has 6 heteroatoms. The molecule has 2 aromatic rings. The summed E-state index contributed by atoms with van der Waals surface area (Å²) in [6, 6.07) is 9.49. The van der Waals surface area contributed by atoms with Gasteiger partial charge in [-0.25, -0.2) is 15.2 Å². The van der Waals surface area contributed by atoms with E-state index in [-0.39, 0.29) is 16.9 Å². The molecule has 96 valence electrons. The van der Waals surface area contributed by atoms with Crippen molar-refractivity contribution < 1.29 is 9.13 Å². The monoisotopic (exact) mass is 258 g/mol. The van der Waals surface area contributed by atoms with Gasteiger partial charge in [0.15, 0.2) is 5.82 Å². The molecule has 0 aliphatic rings. The van der Waals surface area contributed by atoms with Gasteiger partial charge in [-0.3, -0.25) is 0 Å². The molecule has 3 N–H and O–H groups in total. The number of pyridine rings is 1. The number of anilines is 1. The predicted octanol–water partition coefficient (Wildman–Crippen LogP) is 2.05. The molecule has 0 radical (unpaired) electrons. The van der Waals surface area contributed by atoms with Gasteiger partial charge in [-0.15, -0.1) is 0 Å². The molecular weight excluding hydrogens is 247 g/mol. The van der Waals surface area contributed by atoms with Crippen LogP contribution in [0.4, 0.5) is 10.2 Å². The molecule has 0 amide bonds. The number of methoxy groups -OCH3 is 1. The molecule has 0 saturated heterocycles. The highest BCUT2D eigenvalue weighted by Gasteiger charge is 2.14. The van der Waals surface area contributed by atoms with E-state index in [0.717, 1.165) is 0 Å². The second-order valence-electron chi connectivity index (χ2n) is 3.67. The quantitative estimate of drug-likeness (QED) is 0.650. The standard InChI is InChI=1S/C13H11FN4O/c1-19-11-4-2-3-9(14)12(11)10-6-5-8(7-15)13(17-10)18-16/h2-6H,16H2,1H3,(H,17,18). The lowest BCUT2D eigenvalue weighted by molar-refractivity contribution is 0.413. The minimum atomic E-state index is -0.459. The minimum absolute atomic E-state index is 0.185. The van der Waals surface area contributed by atoms with E-state index in [9.17, 15) is 4.39 Å². The zero-order chi connectivity index (χ0) is 13.8. The molecule has 0 aliphatic carbocycles. The van der Waals surface area contributed by atoms with Gasteiger partial charge < -0.3 is 10.2 Å². The van der Waals surface area contributed by atoms with Crippen LogP contribution in [0.15, 0.2) is 30.3 Å². The van der Waals surface area contributed by atoms with Crippen LogP contribution in [-0.2, 0) is 0 Å². The van der Waals surface area contributed by atoms with Crippen LogP contribution in [0.25, 0.3) is 11.3 Å². The number of ether oxygens (including phenoxy) is 1. The maximum Gasteiger partial charge on any atom is 0.158 e. The van der Waals surface area contributed by atoms with E-state index in [1.54, 1.807) is 18.2 Å². The Bertz CT molecular complexity index is 652. The highest BCUT2D eigenvalue weighted by Crippen LogP contribution is 2.32. The third-order valence-corrected chi connectivity index (χ3v) is 2.60. The maximum atomic E-state index is 13.9. The van der Waals surface area contributed by atoms with Crippen molar-refractivity contribution in [2.75, 3.05) is 12.5 Å². The summed E-state index contributed by atoms with van der Waals surface area (Å²) in [6.45, 7) is 0. The topological polar surface area (TPSA) is 84.0 Å². The Balaban J connectivity index is 2.63. The Labute approximate surface area is 109 Å². The molecule has 0 unspecified atom stereocenters. The van der Waals surface area contributed by atoms with Crippen LogP contribution in [0.3, 0.4) is 0 Å². The summed E-state index contributed by atoms with van der Waals surface area (Å²) < 4.78 is 19.0. The van der Waals surface area contributed by atoms with Crippen molar-refractivity contribution in [1.29, 1.82) is 5.26 Å². The van der Waals surface area contributed by atoms with Crippen molar-refractivity contribution in [3.05, 3.63) is 41.7 Å². The fourth-order valence-electron chi connectivity index (χ4n) is 1.72. The Morgan fingerprint density at radius 1 is 1.37 bits per heavy atom. The first-order valence-electron chi connectivity index (χ1n) is 5.42. The molecule has 1 aromatic carbocycles. The van der Waals surface area contributed by atoms with Gasteiger partial charge >= 0.3 is 0 Å². The fraction of sp³-hybridized carbons (Fsp3) is 0.0769. The zero-order valence-corrected chi connectivity index (χ0v) is 10.1. The molecule has 0 fully saturated rings. The van der Waals surface area contributed by atoms with E-state index < -0.39 is 5.82 Å². The van der Waals surface area contributed by atoms with Gasteiger partial charge in [0.05, 0.1) is 23.9 Å². The number of benzene rings is 1. The molecule has 1 aromatic heterocycles. The number of nitrogens with one attached hydrogen (secondary N) is 1. The average Bonchev–Trinajstić information content (AvgIpc) is 2.46. The summed E-state index contributed by atoms with van der Waals surface area (Å²) in [7, 11) is 1.45. The number of hydrogen-bond acceptors (Lipinski definition) is 5. The normalized spacial score (nSPS) is 9.79. The van der Waals surface area contributed by atoms with Crippen LogP contribution in [0.2, 0.25) is 0 Å². The lowest BCUT2D eigenvalue weighted by Gasteiger charge is -2.10. The van der Waals surface area contributed by atoms with E-state index in [2.05, 4.69) is 10.4 Å². The number of nitrogen functional groups attached to an aromatic ring is 1. The second-order valence-corrected chi connectivity index (χ2v) is 3.67. The van der Waals surface area contributed by atoms with E-state index in [1.165, 1.54) is 19.2 Å². The molecule has 2 rings (SSSR count). The Morgan fingerprint density at radius 3 is 2.79 bits per heavy atom. The Morgan fingerprint density at radius 2 is 2.16 bits per heavy atom. The van der Waals surface area contributed by atoms with Crippen LogP contribution in [-0.4, -0.2) is 12.1 Å². The number of halogens is 1. The SMILES string of the molecule is COc1cccc(F)c1-c1ccc(C#N)c(NN)n1. The Kier molecular flexibility index (Phi) is 3.59. The molecule has 0 spiro atoms. The Hall–Kier alpha value is -2.65. The smallest absolute Gasteiger partial charge is 0.158 e. The number of aromatic nitrogens is 1. The summed E-state index contributed by atoms with van der Waals surface area (Å²) in [5.74, 6) is 5.38. The lowest BCUT2D eigenvalue weighted by Crippen LogP contribution is -2.10. The molecule has 0 bridgehead atoms. The first-order chi connectivity index (χ1) is 9.21. The first-order valence-corrected chi connectivity index (χ1v) is 5.42. The van der Waals surface area contributed by atoms with Crippen molar-refractivity contribution in [1.82, 2.24) is 4.98 Å². The number of hydrogen-bond donors (Lipinski definition) is 2. The van der Waals surface area contributed by atoms with Crippen LogP contribution in [0.5, 0.6) is 5.75 Å². The van der Waals surface area contributed by atoms with Gasteiger partial charge in [0.25, 0.3) is 0 Å². The first kappa shape index (κ1) is 12.8. The highest BCUT2D eigenvalue weighted by atomic mass is 19.1. The van der Waals surface area contributed by atoms with Crippen molar-refractivity contribution in [3.63, 3.8) is 0 Å². The van der Waals surface area contributed by atoms with E-state index in [0.29, 0.717) is 11.4 Å². The van der Waals surface area contributed by atoms with Crippen molar-refractivity contribution in [2.24, 2.45) is 5.84 Å². The van der Waals surface area contributed by atoms with E-state index in [4.69, 9.17) is 15.8 Å². The number of rotatable bonds is 3. The molecule has 1 heterocycles. The minimum Gasteiger partial charge on any atom is -0.496 e. The van der Waals surface area contributed by atoms with Gasteiger partial charge in [0, 0.05) is 0 Å². The van der Waals surface area contributed by atoms with Gasteiger partial charge in [-0.05, 0) is 24.3 Å². The number of hydrazine groups is 1. The molecule has 0 aliphatic heterocycles. The summed E-state index contributed by atoms with van der Waals surface area (Å²) in [5, 5.41) is 8.88. The summed E-state index contributed by atoms with van der Waals surface area (Å²) >= 11 is 0. The predicted molar refractivity (Wildman–Crippen MR) is 68.7 cm³/mol. The fourth-order valence-corrected chi connectivity index (χ4v) is 1.72. The van der Waals surface area contributed by atoms with Crippen LogP contribution in [0, 0.1) is 17.1 Å². The van der Waals surface area contributed by atoms with Gasteiger partial charge in [-0.1, -0.05) is 6.07 Å². The number of nitrogens with zero attached hydrogens (tertiary/aromatic N) is 2. The summed E-state index contributed by atoms with van der Waals surface area (Å²) in [5.41, 5.74) is 3.16. The van der Waals surface area contributed by atoms with Crippen LogP contribution >= 0.6 is 0 Å². The van der Waals surface area contributed by atoms with Crippen LogP contribution in [0.1, 0.15) is 5.56 Å². The van der Waals surface area contributed by atoms with Crippen molar-refractivity contribution >= 4 is 5.82 Å². The highest BCUT2D eigenvalue weighted by molar-refractivity contribution is 5.70. The maximum absolute atomic E-state index is 13.9. The molecule has 0 saturated carbocycles. The van der Waals surface area contributed by atoms with Crippen molar-refractivity contribution in [3.8, 4) is 23.1 Å². The zero-order valence-electron chi connectivity index (χ0n) is 10.1. The van der Waals surface area contributed by atoms with Crippen LogP contribution < -0.4 is 16.0 Å². The van der Waals surface area contributed by atoms with Crippen molar-refractivity contribution in [2.45, 2.75) is 0 Å². The third kappa shape index (κ3) is 2.32. The average molecular weight is 258 g/mol. The largest absolute Gasteiger partial charge is 0.496 e. The summed E-state index contributed by atoms with van der Waals surface area (Å²) in [6.07, 6.45) is 0. The van der Waals surface area contributed by atoms with Gasteiger partial charge in [0.1, 0.15) is 17.6 Å². The second kappa shape index (κ2) is 5.33. The molecule has 19 heavy (non-hydrogen) atoms. The number of nitrogens with two attached hydrogens (primary N) is 1. The molecule has 5 nitrogen and oxygen atoms in total. The third-order valence-electron chi connectivity index (χ3n) is 2.60. The summed E-state index contributed by atoms with van der Waals surface area (Å²) in [4.78, 5) is 4.12.